The number of nitrogens with zero attached hydrogens (tertiary/aromatic N) is 1. The van der Waals surface area contributed by atoms with E-state index in [4.69, 9.17) is 0 Å². The molecule has 2 saturated heterocycles. The molecule has 0 spiro atoms. The Morgan fingerprint density at radius 2 is 1.84 bits per heavy atom. The van der Waals surface area contributed by atoms with Gasteiger partial charge in [-0.1, -0.05) is 13.8 Å². The largest absolute Gasteiger partial charge is 0.342 e. The number of likely N-dealkylation sites (tertiary alicyclic amines) is 1. The number of hydrogen-bond donors (Lipinski definition) is 1. The molecule has 110 valence electrons. The van der Waals surface area contributed by atoms with E-state index in [1.807, 2.05) is 0 Å². The molecule has 3 aliphatic rings. The lowest BCUT2D eigenvalue weighted by Gasteiger charge is -2.22. The van der Waals surface area contributed by atoms with Crippen molar-refractivity contribution in [2.75, 3.05) is 26.2 Å². The number of fused-ring (bicyclic) bond motifs is 1. The van der Waals surface area contributed by atoms with Gasteiger partial charge in [0, 0.05) is 19.0 Å². The average Bonchev–Trinajstić information content (AvgIpc) is 2.95. The number of carbonyl (C=O) groups is 1. The van der Waals surface area contributed by atoms with Gasteiger partial charge in [0.1, 0.15) is 0 Å². The van der Waals surface area contributed by atoms with Gasteiger partial charge in [-0.25, -0.2) is 0 Å². The summed E-state index contributed by atoms with van der Waals surface area (Å²) in [4.78, 5) is 14.7. The second-order valence-electron chi connectivity index (χ2n) is 6.85. The molecule has 0 aromatic heterocycles. The van der Waals surface area contributed by atoms with Crippen LogP contribution in [-0.2, 0) is 4.79 Å². The summed E-state index contributed by atoms with van der Waals surface area (Å²) in [5.41, 5.74) is 0.320. The predicted octanol–water partition coefficient (Wildman–Crippen LogP) is 2.30. The number of hydrogen-bond acceptors (Lipinski definition) is 2. The van der Waals surface area contributed by atoms with E-state index < -0.39 is 0 Å². The summed E-state index contributed by atoms with van der Waals surface area (Å²) in [5.74, 6) is 2.42. The summed E-state index contributed by atoms with van der Waals surface area (Å²) in [5, 5.41) is 3.49. The van der Waals surface area contributed by atoms with Crippen LogP contribution >= 0.6 is 12.4 Å². The van der Waals surface area contributed by atoms with Gasteiger partial charge in [-0.15, -0.1) is 12.4 Å². The third-order valence-corrected chi connectivity index (χ3v) is 5.79. The highest BCUT2D eigenvalue weighted by Crippen LogP contribution is 2.55. The van der Waals surface area contributed by atoms with E-state index in [2.05, 4.69) is 24.1 Å². The molecule has 0 bridgehead atoms. The zero-order chi connectivity index (χ0) is 12.8. The van der Waals surface area contributed by atoms with Crippen LogP contribution in [0.2, 0.25) is 0 Å². The van der Waals surface area contributed by atoms with E-state index in [1.54, 1.807) is 0 Å². The summed E-state index contributed by atoms with van der Waals surface area (Å²) in [6.07, 6.45) is 4.68. The van der Waals surface area contributed by atoms with Crippen molar-refractivity contribution in [3.8, 4) is 0 Å². The van der Waals surface area contributed by atoms with E-state index in [0.29, 0.717) is 17.2 Å². The summed E-state index contributed by atoms with van der Waals surface area (Å²) < 4.78 is 0. The van der Waals surface area contributed by atoms with Crippen LogP contribution in [0.15, 0.2) is 0 Å². The van der Waals surface area contributed by atoms with Crippen molar-refractivity contribution in [3.63, 3.8) is 0 Å². The Morgan fingerprint density at radius 3 is 2.32 bits per heavy atom. The molecule has 4 heteroatoms. The minimum atomic E-state index is 0. The highest BCUT2D eigenvalue weighted by molar-refractivity contribution is 5.85. The van der Waals surface area contributed by atoms with Crippen LogP contribution in [0, 0.1) is 23.2 Å². The second-order valence-corrected chi connectivity index (χ2v) is 6.85. The van der Waals surface area contributed by atoms with Crippen LogP contribution in [0.3, 0.4) is 0 Å². The molecule has 0 aromatic carbocycles. The molecule has 3 fully saturated rings. The van der Waals surface area contributed by atoms with Gasteiger partial charge in [0.05, 0.1) is 0 Å². The molecule has 1 amide bonds. The highest BCUT2D eigenvalue weighted by Gasteiger charge is 2.54. The fourth-order valence-corrected chi connectivity index (χ4v) is 3.84. The maximum absolute atomic E-state index is 12.5. The average molecular weight is 287 g/mol. The summed E-state index contributed by atoms with van der Waals surface area (Å²) in [6.45, 7) is 8.82. The minimum absolute atomic E-state index is 0. The van der Waals surface area contributed by atoms with Crippen LogP contribution < -0.4 is 5.32 Å². The van der Waals surface area contributed by atoms with E-state index in [9.17, 15) is 4.79 Å². The van der Waals surface area contributed by atoms with E-state index in [0.717, 1.165) is 37.8 Å². The standard InChI is InChI=1S/C15H26N2O.ClH/c1-3-15(2)8-13(15)14(18)17-6-4-11-9-16-10-12(11)5-7-17;/h11-13,16H,3-10H2,1-2H3;1H/t11-,12+,13?,15?;. The van der Waals surface area contributed by atoms with Crippen LogP contribution in [0.25, 0.3) is 0 Å². The topological polar surface area (TPSA) is 32.3 Å². The lowest BCUT2D eigenvalue weighted by Crippen LogP contribution is -2.35. The summed E-state index contributed by atoms with van der Waals surface area (Å²) >= 11 is 0. The van der Waals surface area contributed by atoms with Crippen LogP contribution in [0.1, 0.15) is 39.5 Å². The van der Waals surface area contributed by atoms with Gasteiger partial charge in [-0.2, -0.15) is 0 Å². The van der Waals surface area contributed by atoms with Crippen molar-refractivity contribution in [2.45, 2.75) is 39.5 Å². The Labute approximate surface area is 122 Å². The Bertz CT molecular complexity index is 335. The maximum Gasteiger partial charge on any atom is 0.226 e. The second kappa shape index (κ2) is 5.61. The molecule has 19 heavy (non-hydrogen) atoms. The number of rotatable bonds is 2. The van der Waals surface area contributed by atoms with Crippen molar-refractivity contribution in [1.29, 1.82) is 0 Å². The molecule has 0 radical (unpaired) electrons. The SMILES string of the molecule is CCC1(C)CC1C(=O)N1CC[C@@H]2CNC[C@@H]2CC1.Cl. The molecule has 1 aliphatic carbocycles. The predicted molar refractivity (Wildman–Crippen MR) is 79.4 cm³/mol. The smallest absolute Gasteiger partial charge is 0.226 e. The first-order chi connectivity index (χ1) is 8.64. The number of halogens is 1. The number of nitrogens with one attached hydrogen (secondary N) is 1. The van der Waals surface area contributed by atoms with Crippen molar-refractivity contribution in [3.05, 3.63) is 0 Å². The van der Waals surface area contributed by atoms with Crippen molar-refractivity contribution < 1.29 is 4.79 Å². The molecule has 4 atom stereocenters. The molecular weight excluding hydrogens is 260 g/mol. The first-order valence-corrected chi connectivity index (χ1v) is 7.63. The van der Waals surface area contributed by atoms with Gasteiger partial charge in [-0.05, 0) is 56.0 Å². The molecule has 1 N–H and O–H groups in total. The van der Waals surface area contributed by atoms with Crippen LogP contribution in [0.4, 0.5) is 0 Å². The Hall–Kier alpha value is -0.280. The molecule has 1 saturated carbocycles. The lowest BCUT2D eigenvalue weighted by molar-refractivity contribution is -0.133. The molecule has 3 rings (SSSR count). The third-order valence-electron chi connectivity index (χ3n) is 5.79. The Kier molecular flexibility index (Phi) is 4.46. The summed E-state index contributed by atoms with van der Waals surface area (Å²) in [6, 6.07) is 0. The first-order valence-electron chi connectivity index (χ1n) is 7.63. The maximum atomic E-state index is 12.5. The fraction of sp³-hybridized carbons (Fsp3) is 0.933. The first kappa shape index (κ1) is 15.1. The molecule has 2 unspecified atom stereocenters. The van der Waals surface area contributed by atoms with Gasteiger partial charge in [0.15, 0.2) is 0 Å². The molecule has 0 aromatic rings. The number of amides is 1. The van der Waals surface area contributed by atoms with Crippen LogP contribution in [-0.4, -0.2) is 37.0 Å². The van der Waals surface area contributed by atoms with Gasteiger partial charge >= 0.3 is 0 Å². The summed E-state index contributed by atoms with van der Waals surface area (Å²) in [7, 11) is 0. The zero-order valence-corrected chi connectivity index (χ0v) is 13.0. The van der Waals surface area contributed by atoms with Gasteiger partial charge in [-0.3, -0.25) is 4.79 Å². The normalized spacial score (nSPS) is 41.2. The molecule has 2 heterocycles. The van der Waals surface area contributed by atoms with E-state index in [-0.39, 0.29) is 12.4 Å². The van der Waals surface area contributed by atoms with Crippen molar-refractivity contribution >= 4 is 18.3 Å². The van der Waals surface area contributed by atoms with E-state index in [1.165, 1.54) is 25.9 Å². The van der Waals surface area contributed by atoms with Crippen LogP contribution in [0.5, 0.6) is 0 Å². The molecule has 3 nitrogen and oxygen atoms in total. The Balaban J connectivity index is 0.00000133. The fourth-order valence-electron chi connectivity index (χ4n) is 3.84. The number of carbonyl (C=O) groups excluding carboxylic acids is 1. The van der Waals surface area contributed by atoms with E-state index >= 15 is 0 Å². The quantitative estimate of drug-likeness (QED) is 0.845. The Morgan fingerprint density at radius 1 is 1.26 bits per heavy atom. The minimum Gasteiger partial charge on any atom is -0.342 e. The van der Waals surface area contributed by atoms with Gasteiger partial charge in [0.25, 0.3) is 0 Å². The zero-order valence-electron chi connectivity index (χ0n) is 12.2. The van der Waals surface area contributed by atoms with Crippen molar-refractivity contribution in [1.82, 2.24) is 10.2 Å². The van der Waals surface area contributed by atoms with Crippen molar-refractivity contribution in [2.24, 2.45) is 23.2 Å². The van der Waals surface area contributed by atoms with Gasteiger partial charge < -0.3 is 10.2 Å². The lowest BCUT2D eigenvalue weighted by atomic mass is 9.92. The molecular formula is C15H27ClN2O. The monoisotopic (exact) mass is 286 g/mol. The highest BCUT2D eigenvalue weighted by atomic mass is 35.5. The third kappa shape index (κ3) is 2.78. The molecule has 2 aliphatic heterocycles. The van der Waals surface area contributed by atoms with Gasteiger partial charge in [0.2, 0.25) is 5.91 Å².